The molecule has 0 aliphatic carbocycles. The van der Waals surface area contributed by atoms with Crippen LogP contribution in [0.25, 0.3) is 16.6 Å². The van der Waals surface area contributed by atoms with Gasteiger partial charge in [-0.1, -0.05) is 18.2 Å². The highest BCUT2D eigenvalue weighted by Crippen LogP contribution is 2.24. The first-order valence-electron chi connectivity index (χ1n) is 5.36. The van der Waals surface area contributed by atoms with Crippen molar-refractivity contribution >= 4 is 10.9 Å². The van der Waals surface area contributed by atoms with Crippen molar-refractivity contribution in [3.8, 4) is 11.4 Å². The van der Waals surface area contributed by atoms with Crippen molar-refractivity contribution < 1.29 is 10.1 Å². The predicted molar refractivity (Wildman–Crippen MR) is 66.5 cm³/mol. The first-order chi connectivity index (χ1) is 8.38. The smallest absolute Gasteiger partial charge is 0.165 e. The number of nitrogens with zero attached hydrogens (tertiary/aromatic N) is 1. The summed E-state index contributed by atoms with van der Waals surface area (Å²) in [5, 5.41) is 9.64. The van der Waals surface area contributed by atoms with E-state index in [9.17, 15) is 0 Å². The van der Waals surface area contributed by atoms with E-state index < -0.39 is 0 Å². The second-order valence-electron chi connectivity index (χ2n) is 3.83. The lowest BCUT2D eigenvalue weighted by Crippen LogP contribution is -1.90. The van der Waals surface area contributed by atoms with Gasteiger partial charge in [0.15, 0.2) is 5.75 Å². The van der Waals surface area contributed by atoms with Gasteiger partial charge in [0.2, 0.25) is 0 Å². The maximum atomic E-state index is 8.61. The Hall–Kier alpha value is -2.26. The molecule has 3 rings (SSSR count). The van der Waals surface area contributed by atoms with Crippen LogP contribution in [0.4, 0.5) is 0 Å². The first-order valence-corrected chi connectivity index (χ1v) is 5.36. The lowest BCUT2D eigenvalue weighted by atomic mass is 10.2. The zero-order valence-corrected chi connectivity index (χ0v) is 9.08. The number of aromatic nitrogens is 1. The fraction of sp³-hybridized carbons (Fsp3) is 0. The molecule has 0 aliphatic heterocycles. The van der Waals surface area contributed by atoms with Crippen molar-refractivity contribution in [3.63, 3.8) is 0 Å². The van der Waals surface area contributed by atoms with E-state index in [4.69, 9.17) is 5.26 Å². The lowest BCUT2D eigenvalue weighted by molar-refractivity contribution is -0.137. The molecule has 1 aromatic heterocycles. The maximum Gasteiger partial charge on any atom is 0.165 e. The van der Waals surface area contributed by atoms with Gasteiger partial charge in [-0.3, -0.25) is 0 Å². The molecule has 0 saturated carbocycles. The fourth-order valence-electron chi connectivity index (χ4n) is 1.99. The van der Waals surface area contributed by atoms with Crippen molar-refractivity contribution in [1.82, 2.24) is 4.57 Å². The highest BCUT2D eigenvalue weighted by atomic mass is 17.1. The number of benzene rings is 2. The van der Waals surface area contributed by atoms with E-state index in [0.29, 0.717) is 5.75 Å². The van der Waals surface area contributed by atoms with Crippen molar-refractivity contribution in [1.29, 1.82) is 0 Å². The van der Waals surface area contributed by atoms with E-state index in [-0.39, 0.29) is 0 Å². The maximum absolute atomic E-state index is 8.61. The summed E-state index contributed by atoms with van der Waals surface area (Å²) in [5.74, 6) is 0.448. The Labute approximate surface area is 98.4 Å². The van der Waals surface area contributed by atoms with Crippen LogP contribution in [-0.4, -0.2) is 9.82 Å². The molecule has 3 aromatic rings. The summed E-state index contributed by atoms with van der Waals surface area (Å²) in [7, 11) is 0. The lowest BCUT2D eigenvalue weighted by Gasteiger charge is -2.05. The van der Waals surface area contributed by atoms with Crippen LogP contribution in [-0.2, 0) is 0 Å². The minimum Gasteiger partial charge on any atom is -0.340 e. The van der Waals surface area contributed by atoms with E-state index in [2.05, 4.69) is 21.6 Å². The van der Waals surface area contributed by atoms with Crippen LogP contribution in [0.15, 0.2) is 60.8 Å². The highest BCUT2D eigenvalue weighted by Gasteiger charge is 2.04. The Morgan fingerprint density at radius 2 is 1.76 bits per heavy atom. The molecule has 84 valence electrons. The third-order valence-corrected chi connectivity index (χ3v) is 2.80. The second-order valence-corrected chi connectivity index (χ2v) is 3.83. The highest BCUT2D eigenvalue weighted by molar-refractivity contribution is 5.83. The van der Waals surface area contributed by atoms with Crippen LogP contribution in [0.1, 0.15) is 0 Å². The van der Waals surface area contributed by atoms with E-state index >= 15 is 0 Å². The quantitative estimate of drug-likeness (QED) is 0.535. The average Bonchev–Trinajstić information content (AvgIpc) is 2.82. The standard InChI is InChI=1S/C14H11NO2/c16-17-13-6-7-14-11(10-13)8-9-15(14)12-4-2-1-3-5-12/h1-10,16H. The topological polar surface area (TPSA) is 34.4 Å². The monoisotopic (exact) mass is 225 g/mol. The van der Waals surface area contributed by atoms with Gasteiger partial charge in [-0.15, -0.1) is 0 Å². The van der Waals surface area contributed by atoms with Crippen molar-refractivity contribution in [2.45, 2.75) is 0 Å². The molecular formula is C14H11NO2. The van der Waals surface area contributed by atoms with Gasteiger partial charge in [-0.05, 0) is 36.4 Å². The van der Waals surface area contributed by atoms with Crippen LogP contribution in [0.3, 0.4) is 0 Å². The number of para-hydroxylation sites is 1. The molecule has 0 unspecified atom stereocenters. The Morgan fingerprint density at radius 1 is 0.941 bits per heavy atom. The summed E-state index contributed by atoms with van der Waals surface area (Å²) in [6, 6.07) is 17.6. The van der Waals surface area contributed by atoms with Crippen molar-refractivity contribution in [3.05, 3.63) is 60.8 Å². The zero-order valence-electron chi connectivity index (χ0n) is 9.08. The van der Waals surface area contributed by atoms with Crippen LogP contribution in [0.5, 0.6) is 5.75 Å². The molecule has 0 spiro atoms. The molecule has 1 heterocycles. The van der Waals surface area contributed by atoms with Crippen molar-refractivity contribution in [2.24, 2.45) is 0 Å². The zero-order chi connectivity index (χ0) is 11.7. The Morgan fingerprint density at radius 3 is 2.53 bits per heavy atom. The molecular weight excluding hydrogens is 214 g/mol. The van der Waals surface area contributed by atoms with Crippen LogP contribution in [0.2, 0.25) is 0 Å². The summed E-state index contributed by atoms with van der Waals surface area (Å²) in [6.45, 7) is 0. The third-order valence-electron chi connectivity index (χ3n) is 2.80. The first kappa shape index (κ1) is 9.93. The number of fused-ring (bicyclic) bond motifs is 1. The van der Waals surface area contributed by atoms with Gasteiger partial charge in [0, 0.05) is 17.3 Å². The van der Waals surface area contributed by atoms with Gasteiger partial charge in [0.25, 0.3) is 0 Å². The normalized spacial score (nSPS) is 10.6. The van der Waals surface area contributed by atoms with E-state index in [0.717, 1.165) is 16.6 Å². The van der Waals surface area contributed by atoms with E-state index in [1.165, 1.54) is 0 Å². The minimum absolute atomic E-state index is 0.448. The van der Waals surface area contributed by atoms with Crippen LogP contribution < -0.4 is 4.89 Å². The molecule has 0 aliphatic rings. The van der Waals surface area contributed by atoms with Gasteiger partial charge < -0.3 is 9.45 Å². The van der Waals surface area contributed by atoms with Gasteiger partial charge in [0.1, 0.15) is 0 Å². The molecule has 0 bridgehead atoms. The van der Waals surface area contributed by atoms with Gasteiger partial charge in [-0.2, -0.15) is 0 Å². The number of rotatable bonds is 2. The molecule has 2 aromatic carbocycles. The molecule has 1 N–H and O–H groups in total. The fourth-order valence-corrected chi connectivity index (χ4v) is 1.99. The van der Waals surface area contributed by atoms with Crippen LogP contribution >= 0.6 is 0 Å². The molecule has 0 amide bonds. The molecule has 3 heteroatoms. The Kier molecular flexibility index (Phi) is 2.31. The van der Waals surface area contributed by atoms with Crippen LogP contribution in [0, 0.1) is 0 Å². The Bertz CT molecular complexity index is 644. The van der Waals surface area contributed by atoms with Gasteiger partial charge in [-0.25, -0.2) is 5.26 Å². The SMILES string of the molecule is OOc1ccc2c(ccn2-c2ccccc2)c1. The molecule has 0 atom stereocenters. The number of hydrogen-bond donors (Lipinski definition) is 1. The van der Waals surface area contributed by atoms with Gasteiger partial charge >= 0.3 is 0 Å². The Balaban J connectivity index is 2.19. The summed E-state index contributed by atoms with van der Waals surface area (Å²) in [5.41, 5.74) is 2.19. The summed E-state index contributed by atoms with van der Waals surface area (Å²) in [4.78, 5) is 4.23. The summed E-state index contributed by atoms with van der Waals surface area (Å²) >= 11 is 0. The summed E-state index contributed by atoms with van der Waals surface area (Å²) < 4.78 is 2.09. The molecule has 0 saturated heterocycles. The van der Waals surface area contributed by atoms with E-state index in [1.54, 1.807) is 12.1 Å². The predicted octanol–water partition coefficient (Wildman–Crippen LogP) is 3.48. The molecule has 0 radical (unpaired) electrons. The average molecular weight is 225 g/mol. The minimum atomic E-state index is 0.448. The summed E-state index contributed by atoms with van der Waals surface area (Å²) in [6.07, 6.45) is 2.00. The largest absolute Gasteiger partial charge is 0.340 e. The molecule has 3 nitrogen and oxygen atoms in total. The molecule has 0 fully saturated rings. The second kappa shape index (κ2) is 3.96. The molecule has 17 heavy (non-hydrogen) atoms. The van der Waals surface area contributed by atoms with E-state index in [1.807, 2.05) is 36.5 Å². The third kappa shape index (κ3) is 1.66. The number of hydrogen-bond acceptors (Lipinski definition) is 2. The van der Waals surface area contributed by atoms with Crippen molar-refractivity contribution in [2.75, 3.05) is 0 Å². The van der Waals surface area contributed by atoms with Gasteiger partial charge in [0.05, 0.1) is 5.52 Å².